The second-order valence-corrected chi connectivity index (χ2v) is 7.61. The van der Waals surface area contributed by atoms with Crippen LogP contribution in [0.1, 0.15) is 57.9 Å². The highest BCUT2D eigenvalue weighted by Gasteiger charge is 2.10. The Labute approximate surface area is 168 Å². The summed E-state index contributed by atoms with van der Waals surface area (Å²) in [5.74, 6) is 0.866. The molecule has 0 spiro atoms. The smallest absolute Gasteiger partial charge is 0.225 e. The Bertz CT molecular complexity index is 660. The van der Waals surface area contributed by atoms with Gasteiger partial charge in [0.15, 0.2) is 0 Å². The van der Waals surface area contributed by atoms with Gasteiger partial charge in [0, 0.05) is 12.5 Å². The molecule has 0 unspecified atom stereocenters. The lowest BCUT2D eigenvalue weighted by atomic mass is 10.1. The molecule has 4 N–H and O–H groups in total. The molecule has 0 aromatic heterocycles. The largest absolute Gasteiger partial charge is 0.491 e. The maximum absolute atomic E-state index is 12.1. The quantitative estimate of drug-likeness (QED) is 0.567. The standard InChI is InChI=1S/C22H34N4O2/c1-17(2)28-19-11-9-18(10-12-19)20(23)16-21(24)25-22(27)8-7-15-26-13-5-3-4-6-14-26/h9-12,16-17,23H,3-8,13-15,24H2,1-2H3,(H,25,27)/b21-16+,23-20?. The number of carbonyl (C=O) groups excluding carboxylic acids is 1. The van der Waals surface area contributed by atoms with Crippen LogP contribution < -0.4 is 15.8 Å². The predicted molar refractivity (Wildman–Crippen MR) is 114 cm³/mol. The zero-order chi connectivity index (χ0) is 20.4. The van der Waals surface area contributed by atoms with Crippen LogP contribution in [-0.2, 0) is 4.79 Å². The Hall–Kier alpha value is -2.34. The molecule has 154 valence electrons. The van der Waals surface area contributed by atoms with Gasteiger partial charge in [0.2, 0.25) is 5.91 Å². The number of hydrogen-bond acceptors (Lipinski definition) is 5. The lowest BCUT2D eigenvalue weighted by molar-refractivity contribution is -0.120. The topological polar surface area (TPSA) is 91.4 Å². The monoisotopic (exact) mass is 386 g/mol. The molecule has 6 heteroatoms. The van der Waals surface area contributed by atoms with Gasteiger partial charge in [-0.05, 0) is 82.6 Å². The summed E-state index contributed by atoms with van der Waals surface area (Å²) in [6.45, 7) is 7.17. The van der Waals surface area contributed by atoms with Gasteiger partial charge in [0.25, 0.3) is 0 Å². The van der Waals surface area contributed by atoms with Crippen molar-refractivity contribution in [3.05, 3.63) is 41.7 Å². The second-order valence-electron chi connectivity index (χ2n) is 7.61. The van der Waals surface area contributed by atoms with Crippen LogP contribution in [0.2, 0.25) is 0 Å². The van der Waals surface area contributed by atoms with Crippen LogP contribution in [0.25, 0.3) is 0 Å². The number of rotatable bonds is 9. The Morgan fingerprint density at radius 3 is 2.46 bits per heavy atom. The molecule has 1 amide bonds. The van der Waals surface area contributed by atoms with Gasteiger partial charge < -0.3 is 26.1 Å². The van der Waals surface area contributed by atoms with Crippen molar-refractivity contribution in [2.75, 3.05) is 19.6 Å². The summed E-state index contributed by atoms with van der Waals surface area (Å²) >= 11 is 0. The fourth-order valence-corrected chi connectivity index (χ4v) is 3.31. The van der Waals surface area contributed by atoms with E-state index in [-0.39, 0.29) is 23.5 Å². The highest BCUT2D eigenvalue weighted by Crippen LogP contribution is 2.14. The first kappa shape index (κ1) is 22.0. The third kappa shape index (κ3) is 8.13. The lowest BCUT2D eigenvalue weighted by Gasteiger charge is -2.19. The molecule has 6 nitrogen and oxygen atoms in total. The highest BCUT2D eigenvalue weighted by molar-refractivity contribution is 6.07. The average Bonchev–Trinajstić information content (AvgIpc) is 2.90. The maximum atomic E-state index is 12.1. The predicted octanol–water partition coefficient (Wildman–Crippen LogP) is 3.41. The van der Waals surface area contributed by atoms with Gasteiger partial charge in [0.1, 0.15) is 11.6 Å². The number of nitrogens with zero attached hydrogens (tertiary/aromatic N) is 1. The summed E-state index contributed by atoms with van der Waals surface area (Å²) < 4.78 is 5.60. The molecule has 0 radical (unpaired) electrons. The number of carbonyl (C=O) groups is 1. The summed E-state index contributed by atoms with van der Waals surface area (Å²) in [6, 6.07) is 7.28. The first-order chi connectivity index (χ1) is 13.4. The number of nitrogens with one attached hydrogen (secondary N) is 2. The Kier molecular flexibility index (Phi) is 9.01. The van der Waals surface area contributed by atoms with Crippen LogP contribution in [0.4, 0.5) is 0 Å². The van der Waals surface area contributed by atoms with Gasteiger partial charge >= 0.3 is 0 Å². The van der Waals surface area contributed by atoms with Crippen LogP contribution in [-0.4, -0.2) is 42.3 Å². The molecule has 0 aliphatic carbocycles. The molecule has 0 saturated carbocycles. The summed E-state index contributed by atoms with van der Waals surface area (Å²) in [6.07, 6.45) is 8.01. The van der Waals surface area contributed by atoms with E-state index in [0.717, 1.165) is 37.4 Å². The Morgan fingerprint density at radius 2 is 1.86 bits per heavy atom. The van der Waals surface area contributed by atoms with E-state index in [1.165, 1.54) is 31.8 Å². The third-order valence-electron chi connectivity index (χ3n) is 4.70. The van der Waals surface area contributed by atoms with E-state index < -0.39 is 0 Å². The van der Waals surface area contributed by atoms with Crippen LogP contribution in [0.5, 0.6) is 5.75 Å². The van der Waals surface area contributed by atoms with Crippen LogP contribution in [0.15, 0.2) is 36.2 Å². The van der Waals surface area contributed by atoms with Crippen molar-refractivity contribution >= 4 is 11.6 Å². The molecule has 1 aromatic rings. The zero-order valence-corrected chi connectivity index (χ0v) is 17.2. The molecule has 1 fully saturated rings. The van der Waals surface area contributed by atoms with Crippen molar-refractivity contribution in [3.63, 3.8) is 0 Å². The van der Waals surface area contributed by atoms with E-state index in [0.29, 0.717) is 6.42 Å². The molecule has 0 atom stereocenters. The van der Waals surface area contributed by atoms with E-state index in [2.05, 4.69) is 10.2 Å². The van der Waals surface area contributed by atoms with Gasteiger partial charge in [-0.15, -0.1) is 0 Å². The first-order valence-corrected chi connectivity index (χ1v) is 10.3. The number of allylic oxidation sites excluding steroid dienone is 1. The maximum Gasteiger partial charge on any atom is 0.225 e. The second kappa shape index (κ2) is 11.5. The molecule has 1 aliphatic rings. The first-order valence-electron chi connectivity index (χ1n) is 10.3. The minimum Gasteiger partial charge on any atom is -0.491 e. The minimum atomic E-state index is -0.1000. The number of likely N-dealkylation sites (tertiary alicyclic amines) is 1. The van der Waals surface area contributed by atoms with Crippen LogP contribution in [0.3, 0.4) is 0 Å². The van der Waals surface area contributed by atoms with Gasteiger partial charge in [0.05, 0.1) is 11.8 Å². The Morgan fingerprint density at radius 1 is 1.21 bits per heavy atom. The number of ether oxygens (including phenoxy) is 1. The molecule has 0 bridgehead atoms. The van der Waals surface area contributed by atoms with E-state index in [9.17, 15) is 4.79 Å². The Balaban J connectivity index is 1.75. The van der Waals surface area contributed by atoms with E-state index in [1.54, 1.807) is 0 Å². The molecular formula is C22H34N4O2. The van der Waals surface area contributed by atoms with E-state index in [4.69, 9.17) is 15.9 Å². The van der Waals surface area contributed by atoms with Crippen molar-refractivity contribution in [3.8, 4) is 5.75 Å². The average molecular weight is 387 g/mol. The molecule has 1 saturated heterocycles. The van der Waals surface area contributed by atoms with Crippen LogP contribution in [0, 0.1) is 5.41 Å². The molecule has 1 aliphatic heterocycles. The number of amides is 1. The van der Waals surface area contributed by atoms with Crippen molar-refractivity contribution < 1.29 is 9.53 Å². The van der Waals surface area contributed by atoms with Crippen molar-refractivity contribution in [2.45, 2.75) is 58.5 Å². The summed E-state index contributed by atoms with van der Waals surface area (Å²) in [5.41, 5.74) is 6.86. The normalized spacial score (nSPS) is 15.9. The SMILES string of the molecule is CC(C)Oc1ccc(C(=N)/C=C(\N)NC(=O)CCCN2CCCCCC2)cc1. The molecule has 28 heavy (non-hydrogen) atoms. The summed E-state index contributed by atoms with van der Waals surface area (Å²) in [4.78, 5) is 14.5. The van der Waals surface area contributed by atoms with Crippen molar-refractivity contribution in [2.24, 2.45) is 5.73 Å². The summed E-state index contributed by atoms with van der Waals surface area (Å²) in [5, 5.41) is 10.8. The minimum absolute atomic E-state index is 0.1000. The van der Waals surface area contributed by atoms with E-state index in [1.807, 2.05) is 38.1 Å². The van der Waals surface area contributed by atoms with Crippen molar-refractivity contribution in [1.82, 2.24) is 10.2 Å². The van der Waals surface area contributed by atoms with E-state index >= 15 is 0 Å². The fraction of sp³-hybridized carbons (Fsp3) is 0.545. The fourth-order valence-electron chi connectivity index (χ4n) is 3.31. The number of hydrogen-bond donors (Lipinski definition) is 3. The lowest BCUT2D eigenvalue weighted by Crippen LogP contribution is -2.30. The van der Waals surface area contributed by atoms with Gasteiger partial charge in [-0.3, -0.25) is 4.79 Å². The molecule has 1 heterocycles. The van der Waals surface area contributed by atoms with Gasteiger partial charge in [-0.2, -0.15) is 0 Å². The van der Waals surface area contributed by atoms with Gasteiger partial charge in [-0.25, -0.2) is 0 Å². The summed E-state index contributed by atoms with van der Waals surface area (Å²) in [7, 11) is 0. The molecular weight excluding hydrogens is 352 g/mol. The highest BCUT2D eigenvalue weighted by atomic mass is 16.5. The van der Waals surface area contributed by atoms with Crippen molar-refractivity contribution in [1.29, 1.82) is 5.41 Å². The zero-order valence-electron chi connectivity index (χ0n) is 17.2. The molecule has 2 rings (SSSR count). The third-order valence-corrected chi connectivity index (χ3v) is 4.70. The number of benzene rings is 1. The van der Waals surface area contributed by atoms with Gasteiger partial charge in [-0.1, -0.05) is 12.8 Å². The van der Waals surface area contributed by atoms with Crippen LogP contribution >= 0.6 is 0 Å². The number of nitrogens with two attached hydrogens (primary N) is 1. The molecule has 1 aromatic carbocycles.